The van der Waals surface area contributed by atoms with Crippen LogP contribution in [0.5, 0.6) is 5.75 Å². The maximum absolute atomic E-state index is 12.8. The number of methoxy groups -OCH3 is 1. The summed E-state index contributed by atoms with van der Waals surface area (Å²) in [5.74, 6) is 0.827. The van der Waals surface area contributed by atoms with Gasteiger partial charge >= 0.3 is 0 Å². The number of carbonyl (C=O) groups is 1. The van der Waals surface area contributed by atoms with Crippen LogP contribution in [0.25, 0.3) is 11.3 Å². The van der Waals surface area contributed by atoms with Crippen LogP contribution in [-0.2, 0) is 16.0 Å². The second kappa shape index (κ2) is 11.5. The lowest BCUT2D eigenvalue weighted by Gasteiger charge is -2.33. The van der Waals surface area contributed by atoms with Crippen LogP contribution in [0.1, 0.15) is 63.8 Å². The van der Waals surface area contributed by atoms with Gasteiger partial charge in [0.15, 0.2) is 6.10 Å². The van der Waals surface area contributed by atoms with Gasteiger partial charge in [-0.3, -0.25) is 4.79 Å². The Morgan fingerprint density at radius 1 is 1.17 bits per heavy atom. The van der Waals surface area contributed by atoms with Gasteiger partial charge in [0.1, 0.15) is 5.75 Å². The van der Waals surface area contributed by atoms with Gasteiger partial charge in [-0.15, -0.1) is 11.3 Å². The number of ether oxygens (including phenoxy) is 2. The van der Waals surface area contributed by atoms with Gasteiger partial charge in [0.25, 0.3) is 5.91 Å². The van der Waals surface area contributed by atoms with Crippen molar-refractivity contribution in [2.45, 2.75) is 71.3 Å². The second-order valence-corrected chi connectivity index (χ2v) is 8.87. The molecule has 1 aliphatic rings. The van der Waals surface area contributed by atoms with Crippen LogP contribution in [0.3, 0.4) is 0 Å². The molecule has 2 heterocycles. The lowest BCUT2D eigenvalue weighted by atomic mass is 10.1. The molecule has 0 saturated carbocycles. The molecule has 164 valence electrons. The summed E-state index contributed by atoms with van der Waals surface area (Å²) in [6, 6.07) is 6.05. The Bertz CT molecular complexity index is 821. The number of fused-ring (bicyclic) bond motifs is 1. The zero-order valence-corrected chi connectivity index (χ0v) is 19.3. The van der Waals surface area contributed by atoms with Gasteiger partial charge in [-0.05, 0) is 31.5 Å². The minimum atomic E-state index is -0.437. The average molecular weight is 431 g/mol. The summed E-state index contributed by atoms with van der Waals surface area (Å²) in [6.07, 6.45) is 8.99. The smallest absolute Gasteiger partial charge is 0.267 e. The molecule has 1 aromatic heterocycles. The molecule has 2 aromatic rings. The van der Waals surface area contributed by atoms with Crippen LogP contribution < -0.4 is 9.64 Å². The number of hydrogen-bond donors (Lipinski definition) is 0. The number of rotatable bonds is 12. The average Bonchev–Trinajstić information content (AvgIpc) is 3.23. The van der Waals surface area contributed by atoms with E-state index in [2.05, 4.69) is 18.4 Å². The summed E-state index contributed by atoms with van der Waals surface area (Å²) in [4.78, 5) is 19.5. The van der Waals surface area contributed by atoms with Crippen molar-refractivity contribution in [1.82, 2.24) is 4.98 Å². The van der Waals surface area contributed by atoms with Crippen LogP contribution in [-0.4, -0.2) is 37.3 Å². The molecule has 0 fully saturated rings. The quantitative estimate of drug-likeness (QED) is 0.396. The fourth-order valence-electron chi connectivity index (χ4n) is 3.77. The number of hydrogen-bond acceptors (Lipinski definition) is 5. The van der Waals surface area contributed by atoms with Crippen molar-refractivity contribution >= 4 is 22.9 Å². The molecule has 0 radical (unpaired) electrons. The Labute approximate surface area is 184 Å². The minimum absolute atomic E-state index is 0.0460. The maximum Gasteiger partial charge on any atom is 0.267 e. The second-order valence-electron chi connectivity index (χ2n) is 7.92. The van der Waals surface area contributed by atoms with Crippen molar-refractivity contribution in [2.75, 3.05) is 25.2 Å². The normalized spacial score (nSPS) is 15.9. The molecule has 3 rings (SSSR count). The molecule has 1 amide bonds. The van der Waals surface area contributed by atoms with Gasteiger partial charge < -0.3 is 14.4 Å². The Morgan fingerprint density at radius 2 is 1.93 bits per heavy atom. The van der Waals surface area contributed by atoms with E-state index in [9.17, 15) is 4.79 Å². The Kier molecular flexibility index (Phi) is 8.70. The minimum Gasteiger partial charge on any atom is -0.479 e. The van der Waals surface area contributed by atoms with Gasteiger partial charge in [0.2, 0.25) is 0 Å². The molecule has 1 unspecified atom stereocenters. The molecule has 0 aliphatic carbocycles. The van der Waals surface area contributed by atoms with E-state index in [0.717, 1.165) is 53.5 Å². The molecule has 0 saturated heterocycles. The van der Waals surface area contributed by atoms with E-state index in [1.165, 1.54) is 32.1 Å². The predicted molar refractivity (Wildman–Crippen MR) is 124 cm³/mol. The van der Waals surface area contributed by atoms with Crippen molar-refractivity contribution < 1.29 is 14.3 Å². The standard InChI is InChI=1S/C24H34N2O3S/c1-4-5-6-7-8-9-10-14-26-21-16-19(11-12-22(21)29-18(2)24(26)27)20-17-30-23(25-20)13-15-28-3/h11-12,16-18H,4-10,13-15H2,1-3H3. The van der Waals surface area contributed by atoms with Gasteiger partial charge in [-0.2, -0.15) is 0 Å². The van der Waals surface area contributed by atoms with Crippen molar-refractivity contribution in [3.05, 3.63) is 28.6 Å². The first-order chi connectivity index (χ1) is 14.6. The third-order valence-corrected chi connectivity index (χ3v) is 6.43. The highest BCUT2D eigenvalue weighted by molar-refractivity contribution is 7.09. The van der Waals surface area contributed by atoms with Gasteiger partial charge in [-0.25, -0.2) is 4.98 Å². The van der Waals surface area contributed by atoms with Crippen LogP contribution in [0.15, 0.2) is 23.6 Å². The van der Waals surface area contributed by atoms with E-state index in [-0.39, 0.29) is 5.91 Å². The molecular weight excluding hydrogens is 396 g/mol. The van der Waals surface area contributed by atoms with Crippen LogP contribution >= 0.6 is 11.3 Å². The zero-order valence-electron chi connectivity index (χ0n) is 18.5. The highest BCUT2D eigenvalue weighted by atomic mass is 32.1. The molecule has 1 atom stereocenters. The van der Waals surface area contributed by atoms with Crippen molar-refractivity contribution in [2.24, 2.45) is 0 Å². The van der Waals surface area contributed by atoms with Gasteiger partial charge in [0, 0.05) is 31.0 Å². The monoisotopic (exact) mass is 430 g/mol. The molecule has 0 N–H and O–H groups in total. The lowest BCUT2D eigenvalue weighted by molar-refractivity contribution is -0.125. The summed E-state index contributed by atoms with van der Waals surface area (Å²) in [7, 11) is 1.70. The number of carbonyl (C=O) groups excluding carboxylic acids is 1. The first-order valence-corrected chi connectivity index (χ1v) is 12.1. The van der Waals surface area contributed by atoms with E-state index in [1.54, 1.807) is 18.4 Å². The molecule has 1 aliphatic heterocycles. The fraction of sp³-hybridized carbons (Fsp3) is 0.583. The first-order valence-electron chi connectivity index (χ1n) is 11.2. The number of amides is 1. The lowest BCUT2D eigenvalue weighted by Crippen LogP contribution is -2.44. The third-order valence-electron chi connectivity index (χ3n) is 5.52. The molecule has 30 heavy (non-hydrogen) atoms. The third kappa shape index (κ3) is 5.82. The highest BCUT2D eigenvalue weighted by Crippen LogP contribution is 2.38. The number of aromatic nitrogens is 1. The summed E-state index contributed by atoms with van der Waals surface area (Å²) in [5, 5.41) is 3.13. The number of benzene rings is 1. The van der Waals surface area contributed by atoms with E-state index in [4.69, 9.17) is 14.5 Å². The molecule has 0 spiro atoms. The van der Waals surface area contributed by atoms with Crippen molar-refractivity contribution in [3.63, 3.8) is 0 Å². The maximum atomic E-state index is 12.8. The van der Waals surface area contributed by atoms with E-state index in [0.29, 0.717) is 6.61 Å². The Hall–Kier alpha value is -1.92. The predicted octanol–water partition coefficient (Wildman–Crippen LogP) is 5.86. The fourth-order valence-corrected chi connectivity index (χ4v) is 4.56. The van der Waals surface area contributed by atoms with Crippen molar-refractivity contribution in [1.29, 1.82) is 0 Å². The summed E-state index contributed by atoms with van der Waals surface area (Å²) >= 11 is 1.65. The summed E-state index contributed by atoms with van der Waals surface area (Å²) in [5.41, 5.74) is 2.83. The number of nitrogens with zero attached hydrogens (tertiary/aromatic N) is 2. The van der Waals surface area contributed by atoms with Gasteiger partial charge in [0.05, 0.1) is 23.0 Å². The van der Waals surface area contributed by atoms with Gasteiger partial charge in [-0.1, -0.05) is 45.4 Å². The highest BCUT2D eigenvalue weighted by Gasteiger charge is 2.31. The van der Waals surface area contributed by atoms with Crippen LogP contribution in [0.4, 0.5) is 5.69 Å². The number of unbranched alkanes of at least 4 members (excludes halogenated alkanes) is 6. The molecule has 6 heteroatoms. The molecular formula is C24H34N2O3S. The number of anilines is 1. The summed E-state index contributed by atoms with van der Waals surface area (Å²) < 4.78 is 11.0. The van der Waals surface area contributed by atoms with Crippen LogP contribution in [0.2, 0.25) is 0 Å². The molecule has 0 bridgehead atoms. The number of thiazole rings is 1. The van der Waals surface area contributed by atoms with Crippen LogP contribution in [0, 0.1) is 0 Å². The summed E-state index contributed by atoms with van der Waals surface area (Å²) in [6.45, 7) is 5.49. The van der Waals surface area contributed by atoms with E-state index < -0.39 is 6.10 Å². The SMILES string of the molecule is CCCCCCCCCN1C(=O)C(C)Oc2ccc(-c3csc(CCOC)n3)cc21. The zero-order chi connectivity index (χ0) is 21.3. The Balaban J connectivity index is 1.69. The molecule has 1 aromatic carbocycles. The van der Waals surface area contributed by atoms with Crippen molar-refractivity contribution in [3.8, 4) is 17.0 Å². The first kappa shape index (κ1) is 22.8. The largest absolute Gasteiger partial charge is 0.479 e. The van der Waals surface area contributed by atoms with E-state index >= 15 is 0 Å². The Morgan fingerprint density at radius 3 is 2.70 bits per heavy atom. The van der Waals surface area contributed by atoms with E-state index in [1.807, 2.05) is 24.0 Å². The topological polar surface area (TPSA) is 51.7 Å². The molecule has 5 nitrogen and oxygen atoms in total.